The molecule has 1 aromatic carbocycles. The van der Waals surface area contributed by atoms with Crippen LogP contribution >= 0.6 is 0 Å². The standard InChI is InChI=1S/C13H16O4S/c1-10-2-6-13(7-3-10)18(15,16)9-12-5-4-11(8-14)17-12/h2-3,6-8,11-12H,4-5,9H2,1H3. The van der Waals surface area contributed by atoms with E-state index in [1.54, 1.807) is 24.3 Å². The molecule has 0 radical (unpaired) electrons. The number of sulfone groups is 1. The molecule has 1 saturated heterocycles. The minimum atomic E-state index is -3.33. The smallest absolute Gasteiger partial charge is 0.180 e. The number of hydrogen-bond donors (Lipinski definition) is 0. The van der Waals surface area contributed by atoms with Gasteiger partial charge in [0, 0.05) is 0 Å². The van der Waals surface area contributed by atoms with Crippen LogP contribution < -0.4 is 0 Å². The fourth-order valence-corrected chi connectivity index (χ4v) is 3.52. The van der Waals surface area contributed by atoms with Crippen LogP contribution in [0.25, 0.3) is 0 Å². The number of benzene rings is 1. The predicted molar refractivity (Wildman–Crippen MR) is 67.2 cm³/mol. The number of carbonyl (C=O) groups is 1. The first kappa shape index (κ1) is 13.2. The topological polar surface area (TPSA) is 60.4 Å². The van der Waals surface area contributed by atoms with E-state index < -0.39 is 15.9 Å². The summed E-state index contributed by atoms with van der Waals surface area (Å²) < 4.78 is 29.6. The van der Waals surface area contributed by atoms with Crippen LogP contribution in [0, 0.1) is 6.92 Å². The van der Waals surface area contributed by atoms with Gasteiger partial charge in [-0.2, -0.15) is 0 Å². The molecule has 1 fully saturated rings. The van der Waals surface area contributed by atoms with Gasteiger partial charge in [0.1, 0.15) is 12.4 Å². The van der Waals surface area contributed by atoms with E-state index in [9.17, 15) is 13.2 Å². The molecule has 0 spiro atoms. The normalized spacial score (nSPS) is 24.1. The van der Waals surface area contributed by atoms with Crippen LogP contribution in [-0.4, -0.2) is 32.7 Å². The Morgan fingerprint density at radius 1 is 1.28 bits per heavy atom. The molecule has 1 aliphatic rings. The van der Waals surface area contributed by atoms with E-state index in [4.69, 9.17) is 4.74 Å². The summed E-state index contributed by atoms with van der Waals surface area (Å²) in [5, 5.41) is 0. The lowest BCUT2D eigenvalue weighted by molar-refractivity contribution is -0.117. The number of ether oxygens (including phenoxy) is 1. The molecule has 18 heavy (non-hydrogen) atoms. The highest BCUT2D eigenvalue weighted by atomic mass is 32.2. The first-order valence-corrected chi connectivity index (χ1v) is 7.56. The zero-order chi connectivity index (χ0) is 13.2. The van der Waals surface area contributed by atoms with Crippen molar-refractivity contribution in [3.63, 3.8) is 0 Å². The summed E-state index contributed by atoms with van der Waals surface area (Å²) in [4.78, 5) is 10.9. The Kier molecular flexibility index (Phi) is 3.82. The largest absolute Gasteiger partial charge is 0.366 e. The highest BCUT2D eigenvalue weighted by molar-refractivity contribution is 7.91. The number of aldehydes is 1. The minimum Gasteiger partial charge on any atom is -0.366 e. The van der Waals surface area contributed by atoms with Crippen molar-refractivity contribution in [3.05, 3.63) is 29.8 Å². The first-order chi connectivity index (χ1) is 8.51. The van der Waals surface area contributed by atoms with Crippen molar-refractivity contribution in [2.45, 2.75) is 36.9 Å². The van der Waals surface area contributed by atoms with Gasteiger partial charge >= 0.3 is 0 Å². The molecule has 1 heterocycles. The monoisotopic (exact) mass is 268 g/mol. The van der Waals surface area contributed by atoms with Gasteiger partial charge in [0.25, 0.3) is 0 Å². The van der Waals surface area contributed by atoms with Crippen molar-refractivity contribution in [1.82, 2.24) is 0 Å². The Hall–Kier alpha value is -1.20. The SMILES string of the molecule is Cc1ccc(S(=O)(=O)CC2CCC(C=O)O2)cc1. The van der Waals surface area contributed by atoms with Gasteiger partial charge < -0.3 is 9.53 Å². The van der Waals surface area contributed by atoms with Crippen molar-refractivity contribution in [2.75, 3.05) is 5.75 Å². The van der Waals surface area contributed by atoms with Crippen LogP contribution in [-0.2, 0) is 19.4 Å². The predicted octanol–water partition coefficient (Wildman–Crippen LogP) is 1.52. The molecule has 0 bridgehead atoms. The van der Waals surface area contributed by atoms with Crippen molar-refractivity contribution >= 4 is 16.1 Å². The molecule has 5 heteroatoms. The summed E-state index contributed by atoms with van der Waals surface area (Å²) in [5.74, 6) is -0.0552. The number of rotatable bonds is 4. The van der Waals surface area contributed by atoms with Gasteiger partial charge in [-0.15, -0.1) is 0 Å². The van der Waals surface area contributed by atoms with Gasteiger partial charge in [-0.3, -0.25) is 0 Å². The highest BCUT2D eigenvalue weighted by Gasteiger charge is 2.29. The van der Waals surface area contributed by atoms with E-state index in [1.807, 2.05) is 6.92 Å². The molecule has 4 nitrogen and oxygen atoms in total. The first-order valence-electron chi connectivity index (χ1n) is 5.91. The molecule has 0 N–H and O–H groups in total. The van der Waals surface area contributed by atoms with Gasteiger partial charge in [0.05, 0.1) is 16.8 Å². The summed E-state index contributed by atoms with van der Waals surface area (Å²) in [6.07, 6.45) is 1.15. The third kappa shape index (κ3) is 2.97. The maximum absolute atomic E-state index is 12.1. The second-order valence-corrected chi connectivity index (χ2v) is 6.64. The van der Waals surface area contributed by atoms with Crippen LogP contribution in [0.3, 0.4) is 0 Å². The lowest BCUT2D eigenvalue weighted by Gasteiger charge is -2.11. The molecule has 98 valence electrons. The summed E-state index contributed by atoms with van der Waals surface area (Å²) in [5.41, 5.74) is 1.02. The van der Waals surface area contributed by atoms with E-state index in [-0.39, 0.29) is 11.9 Å². The molecular formula is C13H16O4S. The molecule has 0 saturated carbocycles. The number of hydrogen-bond acceptors (Lipinski definition) is 4. The molecule has 2 unspecified atom stereocenters. The van der Waals surface area contributed by atoms with E-state index in [0.29, 0.717) is 17.7 Å². The van der Waals surface area contributed by atoms with Gasteiger partial charge in [0.2, 0.25) is 0 Å². The van der Waals surface area contributed by atoms with Crippen LogP contribution in [0.2, 0.25) is 0 Å². The zero-order valence-corrected chi connectivity index (χ0v) is 11.0. The fourth-order valence-electron chi connectivity index (χ4n) is 2.04. The van der Waals surface area contributed by atoms with E-state index in [1.165, 1.54) is 0 Å². The van der Waals surface area contributed by atoms with Crippen molar-refractivity contribution < 1.29 is 17.9 Å². The summed E-state index contributed by atoms with van der Waals surface area (Å²) >= 11 is 0. The average Bonchev–Trinajstić information content (AvgIpc) is 2.76. The molecule has 0 aromatic heterocycles. The quantitative estimate of drug-likeness (QED) is 0.777. The van der Waals surface area contributed by atoms with E-state index in [2.05, 4.69) is 0 Å². The molecule has 0 aliphatic carbocycles. The molecule has 0 amide bonds. The maximum Gasteiger partial charge on any atom is 0.180 e. The lowest BCUT2D eigenvalue weighted by Crippen LogP contribution is -2.22. The van der Waals surface area contributed by atoms with Crippen LogP contribution in [0.1, 0.15) is 18.4 Å². The van der Waals surface area contributed by atoms with E-state index in [0.717, 1.165) is 11.8 Å². The zero-order valence-electron chi connectivity index (χ0n) is 10.2. The Morgan fingerprint density at radius 3 is 2.50 bits per heavy atom. The summed E-state index contributed by atoms with van der Waals surface area (Å²) in [7, 11) is -3.33. The van der Waals surface area contributed by atoms with Gasteiger partial charge in [0.15, 0.2) is 9.84 Å². The van der Waals surface area contributed by atoms with Gasteiger partial charge in [-0.05, 0) is 31.9 Å². The third-order valence-electron chi connectivity index (χ3n) is 3.08. The maximum atomic E-state index is 12.1. The van der Waals surface area contributed by atoms with Crippen molar-refractivity contribution in [1.29, 1.82) is 0 Å². The number of carbonyl (C=O) groups excluding carboxylic acids is 1. The second-order valence-electron chi connectivity index (χ2n) is 4.60. The Bertz CT molecular complexity index is 518. The third-order valence-corrected chi connectivity index (χ3v) is 4.88. The summed E-state index contributed by atoms with van der Waals surface area (Å²) in [6, 6.07) is 6.76. The van der Waals surface area contributed by atoms with Crippen LogP contribution in [0.15, 0.2) is 29.2 Å². The van der Waals surface area contributed by atoms with Gasteiger partial charge in [-0.1, -0.05) is 17.7 Å². The fraction of sp³-hybridized carbons (Fsp3) is 0.462. The van der Waals surface area contributed by atoms with E-state index >= 15 is 0 Å². The average molecular weight is 268 g/mol. The van der Waals surface area contributed by atoms with Gasteiger partial charge in [-0.25, -0.2) is 8.42 Å². The summed E-state index contributed by atoms with van der Waals surface area (Å²) in [6.45, 7) is 1.91. The van der Waals surface area contributed by atoms with Crippen LogP contribution in [0.5, 0.6) is 0 Å². The lowest BCUT2D eigenvalue weighted by atomic mass is 10.2. The molecular weight excluding hydrogens is 252 g/mol. The Balaban J connectivity index is 2.08. The molecule has 2 rings (SSSR count). The molecule has 1 aliphatic heterocycles. The van der Waals surface area contributed by atoms with Crippen molar-refractivity contribution in [2.24, 2.45) is 0 Å². The molecule has 2 atom stereocenters. The van der Waals surface area contributed by atoms with Crippen molar-refractivity contribution in [3.8, 4) is 0 Å². The second kappa shape index (κ2) is 5.20. The van der Waals surface area contributed by atoms with Crippen LogP contribution in [0.4, 0.5) is 0 Å². The minimum absolute atomic E-state index is 0.0552. The number of aryl methyl sites for hydroxylation is 1. The Labute approximate surface area is 107 Å². The molecule has 1 aromatic rings. The highest BCUT2D eigenvalue weighted by Crippen LogP contribution is 2.22. The Morgan fingerprint density at radius 2 is 1.94 bits per heavy atom.